The number of ether oxygens (including phenoxy) is 1. The second-order valence-corrected chi connectivity index (χ2v) is 6.75. The van der Waals surface area contributed by atoms with E-state index in [0.717, 1.165) is 25.3 Å². The first-order valence-electron chi connectivity index (χ1n) is 9.59. The van der Waals surface area contributed by atoms with Crippen LogP contribution < -0.4 is 5.73 Å². The van der Waals surface area contributed by atoms with Crippen LogP contribution in [0, 0.1) is 5.92 Å². The van der Waals surface area contributed by atoms with Crippen LogP contribution in [-0.4, -0.2) is 17.5 Å². The number of hydrogen-bond donors (Lipinski definition) is 1. The molecule has 1 amide bonds. The molecule has 2 unspecified atom stereocenters. The van der Waals surface area contributed by atoms with Gasteiger partial charge in [-0.3, -0.25) is 4.79 Å². The van der Waals surface area contributed by atoms with Crippen molar-refractivity contribution >= 4 is 11.9 Å². The zero-order valence-corrected chi connectivity index (χ0v) is 15.9. The number of unbranched alkanes of at least 4 members (excludes halogenated alkanes) is 8. The molecule has 0 aliphatic heterocycles. The molecule has 2 atom stereocenters. The highest BCUT2D eigenvalue weighted by Gasteiger charge is 2.43. The van der Waals surface area contributed by atoms with Gasteiger partial charge in [0.15, 0.2) is 5.60 Å². The van der Waals surface area contributed by atoms with Crippen molar-refractivity contribution in [3.05, 3.63) is 12.7 Å². The molecule has 140 valence electrons. The fraction of sp³-hybridized carbons (Fsp3) is 0.800. The van der Waals surface area contributed by atoms with Crippen molar-refractivity contribution in [1.29, 1.82) is 0 Å². The van der Waals surface area contributed by atoms with Gasteiger partial charge in [0, 0.05) is 12.0 Å². The van der Waals surface area contributed by atoms with Gasteiger partial charge in [0.05, 0.1) is 0 Å². The minimum Gasteiger partial charge on any atom is -0.446 e. The predicted octanol–water partition coefficient (Wildman–Crippen LogP) is 4.91. The molecule has 4 nitrogen and oxygen atoms in total. The van der Waals surface area contributed by atoms with Gasteiger partial charge >= 0.3 is 5.97 Å². The summed E-state index contributed by atoms with van der Waals surface area (Å²) in [6.45, 7) is 9.39. The van der Waals surface area contributed by atoms with E-state index in [-0.39, 0.29) is 5.92 Å². The molecule has 0 bridgehead atoms. The van der Waals surface area contributed by atoms with Gasteiger partial charge in [-0.25, -0.2) is 4.79 Å². The van der Waals surface area contributed by atoms with Gasteiger partial charge in [-0.15, -0.1) is 0 Å². The molecule has 0 spiro atoms. The summed E-state index contributed by atoms with van der Waals surface area (Å²) in [5.74, 6) is -1.24. The van der Waals surface area contributed by atoms with Gasteiger partial charge in [-0.2, -0.15) is 0 Å². The van der Waals surface area contributed by atoms with E-state index in [0.29, 0.717) is 6.42 Å². The molecule has 4 heteroatoms. The lowest BCUT2D eigenvalue weighted by atomic mass is 9.82. The van der Waals surface area contributed by atoms with E-state index < -0.39 is 17.5 Å². The van der Waals surface area contributed by atoms with E-state index in [4.69, 9.17) is 10.5 Å². The SMILES string of the molecule is C=CC(=O)OC(CC)(C(N)=O)C(C)CCCCCCCCCCC. The van der Waals surface area contributed by atoms with Crippen molar-refractivity contribution in [3.63, 3.8) is 0 Å². The van der Waals surface area contributed by atoms with E-state index in [2.05, 4.69) is 13.5 Å². The van der Waals surface area contributed by atoms with Gasteiger partial charge in [-0.1, -0.05) is 85.1 Å². The van der Waals surface area contributed by atoms with Gasteiger partial charge < -0.3 is 10.5 Å². The summed E-state index contributed by atoms with van der Waals surface area (Å²) in [5, 5.41) is 0. The van der Waals surface area contributed by atoms with E-state index in [1.165, 1.54) is 44.9 Å². The quantitative estimate of drug-likeness (QED) is 0.262. The Hall–Kier alpha value is -1.32. The Kier molecular flexibility index (Phi) is 12.3. The summed E-state index contributed by atoms with van der Waals surface area (Å²) in [5.41, 5.74) is 4.33. The molecular formula is C20H37NO3. The minimum atomic E-state index is -1.22. The third-order valence-corrected chi connectivity index (χ3v) is 4.93. The van der Waals surface area contributed by atoms with Gasteiger partial charge in [0.2, 0.25) is 0 Å². The van der Waals surface area contributed by atoms with Crippen LogP contribution in [0.25, 0.3) is 0 Å². The first kappa shape index (κ1) is 22.7. The molecule has 0 aliphatic rings. The van der Waals surface area contributed by atoms with Crippen LogP contribution in [0.1, 0.15) is 91.4 Å². The summed E-state index contributed by atoms with van der Waals surface area (Å²) < 4.78 is 5.36. The molecule has 0 saturated carbocycles. The second kappa shape index (κ2) is 13.0. The van der Waals surface area contributed by atoms with Crippen LogP contribution >= 0.6 is 0 Å². The molecule has 0 aromatic carbocycles. The van der Waals surface area contributed by atoms with Crippen LogP contribution in [0.4, 0.5) is 0 Å². The normalized spacial score (nSPS) is 14.6. The molecule has 0 saturated heterocycles. The largest absolute Gasteiger partial charge is 0.446 e. The standard InChI is InChI=1S/C20H37NO3/c1-5-8-9-10-11-12-13-14-15-16-17(4)20(7-3,19(21)23)24-18(22)6-2/h6,17H,2,5,7-16H2,1,3-4H3,(H2,21,23). The molecule has 0 aliphatic carbocycles. The summed E-state index contributed by atoms with van der Waals surface area (Å²) in [4.78, 5) is 23.5. The Morgan fingerprint density at radius 3 is 1.96 bits per heavy atom. The summed E-state index contributed by atoms with van der Waals surface area (Å²) >= 11 is 0. The average molecular weight is 340 g/mol. The highest BCUT2D eigenvalue weighted by molar-refractivity contribution is 5.89. The zero-order valence-electron chi connectivity index (χ0n) is 15.9. The smallest absolute Gasteiger partial charge is 0.331 e. The summed E-state index contributed by atoms with van der Waals surface area (Å²) in [7, 11) is 0. The van der Waals surface area contributed by atoms with E-state index in [1.807, 2.05) is 13.8 Å². The number of esters is 1. The molecule has 0 fully saturated rings. The fourth-order valence-electron chi connectivity index (χ4n) is 3.20. The zero-order chi connectivity index (χ0) is 18.4. The highest BCUT2D eigenvalue weighted by Crippen LogP contribution is 2.30. The lowest BCUT2D eigenvalue weighted by molar-refractivity contribution is -0.169. The first-order chi connectivity index (χ1) is 11.4. The van der Waals surface area contributed by atoms with Crippen molar-refractivity contribution in [2.75, 3.05) is 0 Å². The number of carbonyl (C=O) groups is 2. The lowest BCUT2D eigenvalue weighted by Crippen LogP contribution is -2.52. The number of carbonyl (C=O) groups excluding carboxylic acids is 2. The number of rotatable bonds is 15. The van der Waals surface area contributed by atoms with Crippen molar-refractivity contribution in [3.8, 4) is 0 Å². The number of nitrogens with two attached hydrogens (primary N) is 1. The Morgan fingerprint density at radius 1 is 1.04 bits per heavy atom. The molecule has 0 radical (unpaired) electrons. The molecule has 0 rings (SSSR count). The number of amides is 1. The Balaban J connectivity index is 4.19. The Bertz CT molecular complexity index is 381. The summed E-state index contributed by atoms with van der Waals surface area (Å²) in [6.07, 6.45) is 13.6. The maximum Gasteiger partial charge on any atom is 0.331 e. The Labute approximate surface area is 148 Å². The maximum atomic E-state index is 11.9. The average Bonchev–Trinajstić information content (AvgIpc) is 2.57. The lowest BCUT2D eigenvalue weighted by Gasteiger charge is -2.34. The predicted molar refractivity (Wildman–Crippen MR) is 99.5 cm³/mol. The number of primary amides is 1. The van der Waals surface area contributed by atoms with Crippen LogP contribution in [0.2, 0.25) is 0 Å². The fourth-order valence-corrected chi connectivity index (χ4v) is 3.20. The van der Waals surface area contributed by atoms with Crippen LogP contribution in [-0.2, 0) is 14.3 Å². The van der Waals surface area contributed by atoms with Gasteiger partial charge in [0.1, 0.15) is 0 Å². The molecule has 0 aromatic rings. The molecular weight excluding hydrogens is 302 g/mol. The third kappa shape index (κ3) is 7.98. The summed E-state index contributed by atoms with van der Waals surface area (Å²) in [6, 6.07) is 0. The molecule has 2 N–H and O–H groups in total. The van der Waals surface area contributed by atoms with Gasteiger partial charge in [-0.05, 0) is 12.8 Å². The molecule has 0 aromatic heterocycles. The first-order valence-corrected chi connectivity index (χ1v) is 9.59. The minimum absolute atomic E-state index is 0.0894. The van der Waals surface area contributed by atoms with Crippen molar-refractivity contribution in [2.45, 2.75) is 97.0 Å². The maximum absolute atomic E-state index is 11.9. The van der Waals surface area contributed by atoms with Crippen LogP contribution in [0.3, 0.4) is 0 Å². The second-order valence-electron chi connectivity index (χ2n) is 6.75. The Morgan fingerprint density at radius 2 is 1.54 bits per heavy atom. The van der Waals surface area contributed by atoms with Crippen molar-refractivity contribution < 1.29 is 14.3 Å². The molecule has 24 heavy (non-hydrogen) atoms. The molecule has 0 heterocycles. The highest BCUT2D eigenvalue weighted by atomic mass is 16.6. The van der Waals surface area contributed by atoms with E-state index in [1.54, 1.807) is 0 Å². The van der Waals surface area contributed by atoms with Crippen molar-refractivity contribution in [1.82, 2.24) is 0 Å². The van der Waals surface area contributed by atoms with Crippen LogP contribution in [0.5, 0.6) is 0 Å². The van der Waals surface area contributed by atoms with E-state index in [9.17, 15) is 9.59 Å². The van der Waals surface area contributed by atoms with E-state index >= 15 is 0 Å². The van der Waals surface area contributed by atoms with Crippen molar-refractivity contribution in [2.24, 2.45) is 11.7 Å². The van der Waals surface area contributed by atoms with Crippen LogP contribution in [0.15, 0.2) is 12.7 Å². The topological polar surface area (TPSA) is 69.4 Å². The third-order valence-electron chi connectivity index (χ3n) is 4.93. The monoisotopic (exact) mass is 339 g/mol. The number of hydrogen-bond acceptors (Lipinski definition) is 3. The van der Waals surface area contributed by atoms with Gasteiger partial charge in [0.25, 0.3) is 5.91 Å².